The van der Waals surface area contributed by atoms with Gasteiger partial charge >= 0.3 is 5.97 Å². The molecule has 16 heavy (non-hydrogen) atoms. The number of benzene rings is 1. The van der Waals surface area contributed by atoms with Crippen molar-refractivity contribution in [1.82, 2.24) is 9.97 Å². The zero-order valence-corrected chi connectivity index (χ0v) is 9.19. The number of carboxylic acid groups (broad SMARTS) is 1. The number of hydrogen-bond donors (Lipinski definition) is 1. The van der Waals surface area contributed by atoms with Gasteiger partial charge < -0.3 is 5.11 Å². The number of carboxylic acids is 1. The zero-order chi connectivity index (χ0) is 11.7. The molecule has 2 rings (SSSR count). The second kappa shape index (κ2) is 3.89. The third-order valence-corrected chi connectivity index (χ3v) is 2.50. The first-order valence-electron chi connectivity index (χ1n) is 5.13. The third kappa shape index (κ3) is 1.62. The van der Waals surface area contributed by atoms with E-state index in [1.807, 2.05) is 32.0 Å². The first kappa shape index (κ1) is 10.5. The van der Waals surface area contributed by atoms with E-state index in [0.29, 0.717) is 23.1 Å². The molecular formula is C12H12N2O2. The minimum atomic E-state index is -1.00. The van der Waals surface area contributed by atoms with E-state index in [4.69, 9.17) is 5.11 Å². The number of hydrogen-bond acceptors (Lipinski definition) is 3. The van der Waals surface area contributed by atoms with Crippen LogP contribution in [0.3, 0.4) is 0 Å². The summed E-state index contributed by atoms with van der Waals surface area (Å²) in [6.45, 7) is 3.77. The highest BCUT2D eigenvalue weighted by Crippen LogP contribution is 2.20. The van der Waals surface area contributed by atoms with Crippen molar-refractivity contribution in [3.05, 3.63) is 35.3 Å². The number of nitrogens with zero attached hydrogens (tertiary/aromatic N) is 2. The molecule has 82 valence electrons. The number of aromatic carboxylic acids is 1. The Balaban J connectivity index is 2.88. The predicted molar refractivity (Wildman–Crippen MR) is 60.6 cm³/mol. The Labute approximate surface area is 93.0 Å². The molecule has 4 heteroatoms. The van der Waals surface area contributed by atoms with Crippen molar-refractivity contribution in [2.75, 3.05) is 0 Å². The minimum Gasteiger partial charge on any atom is -0.476 e. The Bertz CT molecular complexity index is 564. The Morgan fingerprint density at radius 3 is 2.75 bits per heavy atom. The minimum absolute atomic E-state index is 0.0972. The van der Waals surface area contributed by atoms with Crippen molar-refractivity contribution in [2.45, 2.75) is 20.3 Å². The molecule has 1 aromatic carbocycles. The van der Waals surface area contributed by atoms with Crippen molar-refractivity contribution in [3.63, 3.8) is 0 Å². The summed E-state index contributed by atoms with van der Waals surface area (Å²) in [6, 6.07) is 5.55. The highest BCUT2D eigenvalue weighted by Gasteiger charge is 2.14. The van der Waals surface area contributed by atoms with Crippen LogP contribution in [0, 0.1) is 6.92 Å². The van der Waals surface area contributed by atoms with Gasteiger partial charge in [0, 0.05) is 11.8 Å². The van der Waals surface area contributed by atoms with Crippen LogP contribution in [-0.2, 0) is 6.42 Å². The van der Waals surface area contributed by atoms with Gasteiger partial charge in [0.1, 0.15) is 5.82 Å². The van der Waals surface area contributed by atoms with Crippen LogP contribution in [0.2, 0.25) is 0 Å². The number of fused-ring (bicyclic) bond motifs is 1. The maximum atomic E-state index is 11.1. The molecule has 0 aliphatic carbocycles. The summed E-state index contributed by atoms with van der Waals surface area (Å²) < 4.78 is 0. The van der Waals surface area contributed by atoms with E-state index in [1.165, 1.54) is 0 Å². The first-order valence-corrected chi connectivity index (χ1v) is 5.13. The van der Waals surface area contributed by atoms with E-state index in [-0.39, 0.29) is 5.69 Å². The van der Waals surface area contributed by atoms with Crippen molar-refractivity contribution in [2.24, 2.45) is 0 Å². The zero-order valence-electron chi connectivity index (χ0n) is 9.19. The fourth-order valence-electron chi connectivity index (χ4n) is 1.72. The summed E-state index contributed by atoms with van der Waals surface area (Å²) in [5.41, 5.74) is 1.68. The predicted octanol–water partition coefficient (Wildman–Crippen LogP) is 2.20. The van der Waals surface area contributed by atoms with E-state index in [1.54, 1.807) is 0 Å². The van der Waals surface area contributed by atoms with E-state index in [2.05, 4.69) is 9.97 Å². The maximum Gasteiger partial charge on any atom is 0.355 e. The second-order valence-electron chi connectivity index (χ2n) is 3.62. The highest BCUT2D eigenvalue weighted by molar-refractivity contribution is 6.01. The van der Waals surface area contributed by atoms with Crippen LogP contribution in [0.5, 0.6) is 0 Å². The van der Waals surface area contributed by atoms with Crippen LogP contribution in [0.4, 0.5) is 0 Å². The SMILES string of the molecule is CCc1nc(C(=O)O)c2c(C)cccc2n1. The van der Waals surface area contributed by atoms with Gasteiger partial charge in [0.2, 0.25) is 0 Å². The molecule has 0 saturated heterocycles. The summed E-state index contributed by atoms with van der Waals surface area (Å²) in [7, 11) is 0. The van der Waals surface area contributed by atoms with Gasteiger partial charge in [0.25, 0.3) is 0 Å². The lowest BCUT2D eigenvalue weighted by atomic mass is 10.1. The molecule has 4 nitrogen and oxygen atoms in total. The normalized spacial score (nSPS) is 10.6. The van der Waals surface area contributed by atoms with Crippen molar-refractivity contribution >= 4 is 16.9 Å². The molecule has 0 aliphatic heterocycles. The molecule has 0 saturated carbocycles. The van der Waals surface area contributed by atoms with Gasteiger partial charge in [-0.25, -0.2) is 14.8 Å². The van der Waals surface area contributed by atoms with E-state index in [9.17, 15) is 4.79 Å². The molecule has 1 aromatic heterocycles. The molecule has 0 spiro atoms. The van der Waals surface area contributed by atoms with Gasteiger partial charge in [-0.2, -0.15) is 0 Å². The number of carbonyl (C=O) groups is 1. The molecule has 0 bridgehead atoms. The summed E-state index contributed by atoms with van der Waals surface area (Å²) >= 11 is 0. The Hall–Kier alpha value is -1.97. The van der Waals surface area contributed by atoms with Crippen molar-refractivity contribution in [3.8, 4) is 0 Å². The quantitative estimate of drug-likeness (QED) is 0.835. The van der Waals surface area contributed by atoms with Crippen LogP contribution in [0.15, 0.2) is 18.2 Å². The van der Waals surface area contributed by atoms with Crippen LogP contribution >= 0.6 is 0 Å². The lowest BCUT2D eigenvalue weighted by Gasteiger charge is -2.06. The van der Waals surface area contributed by atoms with Gasteiger partial charge in [0.05, 0.1) is 5.52 Å². The van der Waals surface area contributed by atoms with Crippen molar-refractivity contribution in [1.29, 1.82) is 0 Å². The van der Waals surface area contributed by atoms with Gasteiger partial charge in [-0.05, 0) is 18.6 Å². The smallest absolute Gasteiger partial charge is 0.355 e. The van der Waals surface area contributed by atoms with Gasteiger partial charge in [0.15, 0.2) is 5.69 Å². The summed E-state index contributed by atoms with van der Waals surface area (Å²) in [6.07, 6.45) is 0.629. The Morgan fingerprint density at radius 2 is 2.12 bits per heavy atom. The average molecular weight is 216 g/mol. The topological polar surface area (TPSA) is 63.1 Å². The lowest BCUT2D eigenvalue weighted by Crippen LogP contribution is -2.07. The summed E-state index contributed by atoms with van der Waals surface area (Å²) in [5, 5.41) is 9.77. The molecule has 0 fully saturated rings. The van der Waals surface area contributed by atoms with Crippen LogP contribution in [0.25, 0.3) is 10.9 Å². The molecule has 0 aliphatic rings. The molecule has 0 amide bonds. The summed E-state index contributed by atoms with van der Waals surface area (Å²) in [4.78, 5) is 19.5. The molecule has 0 unspecified atom stereocenters. The Kier molecular flexibility index (Phi) is 2.56. The fraction of sp³-hybridized carbons (Fsp3) is 0.250. The van der Waals surface area contributed by atoms with Crippen molar-refractivity contribution < 1.29 is 9.90 Å². The standard InChI is InChI=1S/C12H12N2O2/c1-3-9-13-8-6-4-5-7(2)10(8)11(14-9)12(15)16/h4-6H,3H2,1-2H3,(H,15,16). The molecular weight excluding hydrogens is 204 g/mol. The second-order valence-corrected chi connectivity index (χ2v) is 3.62. The lowest BCUT2D eigenvalue weighted by molar-refractivity contribution is 0.0692. The van der Waals surface area contributed by atoms with Crippen LogP contribution in [-0.4, -0.2) is 21.0 Å². The van der Waals surface area contributed by atoms with Gasteiger partial charge in [-0.3, -0.25) is 0 Å². The average Bonchev–Trinajstić information content (AvgIpc) is 2.27. The number of aryl methyl sites for hydroxylation is 2. The molecule has 0 radical (unpaired) electrons. The summed E-state index contributed by atoms with van der Waals surface area (Å²) in [5.74, 6) is -0.438. The van der Waals surface area contributed by atoms with E-state index < -0.39 is 5.97 Å². The van der Waals surface area contributed by atoms with Crippen LogP contribution in [0.1, 0.15) is 28.8 Å². The first-order chi connectivity index (χ1) is 7.63. The Morgan fingerprint density at radius 1 is 1.38 bits per heavy atom. The molecule has 1 heterocycles. The fourth-order valence-corrected chi connectivity index (χ4v) is 1.72. The van der Waals surface area contributed by atoms with Gasteiger partial charge in [-0.15, -0.1) is 0 Å². The third-order valence-electron chi connectivity index (χ3n) is 2.50. The monoisotopic (exact) mass is 216 g/mol. The van der Waals surface area contributed by atoms with Crippen LogP contribution < -0.4 is 0 Å². The molecule has 2 aromatic rings. The number of aromatic nitrogens is 2. The molecule has 1 N–H and O–H groups in total. The van der Waals surface area contributed by atoms with Gasteiger partial charge in [-0.1, -0.05) is 19.1 Å². The van der Waals surface area contributed by atoms with E-state index in [0.717, 1.165) is 5.56 Å². The highest BCUT2D eigenvalue weighted by atomic mass is 16.4. The molecule has 0 atom stereocenters. The number of rotatable bonds is 2. The van der Waals surface area contributed by atoms with E-state index >= 15 is 0 Å². The largest absolute Gasteiger partial charge is 0.476 e. The maximum absolute atomic E-state index is 11.1.